The van der Waals surface area contributed by atoms with Crippen LogP contribution in [0, 0.1) is 22.7 Å². The second-order valence-corrected chi connectivity index (χ2v) is 3.28. The van der Waals surface area contributed by atoms with Crippen molar-refractivity contribution in [2.24, 2.45) is 0 Å². The zero-order valence-corrected chi connectivity index (χ0v) is 9.19. The Morgan fingerprint density at radius 3 is 2.81 bits per heavy atom. The number of hydrogen-bond acceptors (Lipinski definition) is 5. The van der Waals surface area contributed by atoms with Crippen LogP contribution in [0.15, 0.2) is 0 Å². The van der Waals surface area contributed by atoms with Crippen LogP contribution in [0.4, 0.5) is 11.6 Å². The molecule has 84 valence electrons. The van der Waals surface area contributed by atoms with Gasteiger partial charge >= 0.3 is 0 Å². The predicted molar refractivity (Wildman–Crippen MR) is 60.4 cm³/mol. The van der Waals surface area contributed by atoms with E-state index < -0.39 is 0 Å². The lowest BCUT2D eigenvalue weighted by atomic mass is 10.3. The van der Waals surface area contributed by atoms with Crippen molar-refractivity contribution in [1.29, 1.82) is 10.5 Å². The summed E-state index contributed by atoms with van der Waals surface area (Å²) in [6.07, 6.45) is 1.26. The molecule has 1 heterocycles. The monoisotopic (exact) mass is 218 g/mol. The molecule has 0 spiro atoms. The average Bonchev–Trinajstić information content (AvgIpc) is 2.60. The number of rotatable bonds is 5. The molecule has 6 nitrogen and oxygen atoms in total. The Balaban J connectivity index is 2.92. The Hall–Kier alpha value is -2.21. The lowest BCUT2D eigenvalue weighted by molar-refractivity contribution is 0.638. The second kappa shape index (κ2) is 5.62. The number of nitrogens with two attached hydrogens (primary N) is 1. The Morgan fingerprint density at radius 2 is 2.25 bits per heavy atom. The van der Waals surface area contributed by atoms with Gasteiger partial charge in [-0.15, -0.1) is 0 Å². The Morgan fingerprint density at radius 1 is 1.50 bits per heavy atom. The molecule has 1 rings (SSSR count). The first-order valence-electron chi connectivity index (χ1n) is 5.11. The average molecular weight is 218 g/mol. The number of nitrogen functional groups attached to an aromatic ring is 1. The molecule has 0 amide bonds. The maximum Gasteiger partial charge on any atom is 0.168 e. The molecule has 16 heavy (non-hydrogen) atoms. The quantitative estimate of drug-likeness (QED) is 0.769. The van der Waals surface area contributed by atoms with Gasteiger partial charge in [-0.3, -0.25) is 0 Å². The minimum atomic E-state index is 0.316. The number of nitrogens with zero attached hydrogens (tertiary/aromatic N) is 4. The third-order valence-electron chi connectivity index (χ3n) is 2.08. The molecule has 0 radical (unpaired) electrons. The zero-order valence-electron chi connectivity index (χ0n) is 9.19. The van der Waals surface area contributed by atoms with Crippen LogP contribution in [-0.2, 0) is 6.54 Å². The number of aromatic nitrogens is 2. The molecule has 3 N–H and O–H groups in total. The summed E-state index contributed by atoms with van der Waals surface area (Å²) in [6, 6.07) is 4.03. The van der Waals surface area contributed by atoms with Gasteiger partial charge in [0.25, 0.3) is 0 Å². The highest BCUT2D eigenvalue weighted by Gasteiger charge is 2.14. The van der Waals surface area contributed by atoms with Crippen LogP contribution in [0.25, 0.3) is 0 Å². The number of nitrogens with one attached hydrogen (secondary N) is 1. The van der Waals surface area contributed by atoms with Crippen molar-refractivity contribution in [2.75, 3.05) is 17.6 Å². The fourth-order valence-electron chi connectivity index (χ4n) is 1.28. The molecule has 1 aromatic heterocycles. The van der Waals surface area contributed by atoms with Gasteiger partial charge in [0.15, 0.2) is 5.82 Å². The van der Waals surface area contributed by atoms with E-state index in [1.165, 1.54) is 4.68 Å². The SMILES string of the molecule is CCCNc1nn(CCC#N)c(N)c1C#N. The van der Waals surface area contributed by atoms with Crippen molar-refractivity contribution in [3.05, 3.63) is 5.56 Å². The predicted octanol–water partition coefficient (Wildman–Crippen LogP) is 1.07. The van der Waals surface area contributed by atoms with Gasteiger partial charge in [0.05, 0.1) is 19.0 Å². The molecule has 0 atom stereocenters. The van der Waals surface area contributed by atoms with Crippen LogP contribution >= 0.6 is 0 Å². The summed E-state index contributed by atoms with van der Waals surface area (Å²) in [5, 5.41) is 24.6. The molecule has 0 aliphatic carbocycles. The highest BCUT2D eigenvalue weighted by Crippen LogP contribution is 2.20. The lowest BCUT2D eigenvalue weighted by Gasteiger charge is -1.99. The van der Waals surface area contributed by atoms with E-state index in [0.29, 0.717) is 30.2 Å². The fourth-order valence-corrected chi connectivity index (χ4v) is 1.28. The van der Waals surface area contributed by atoms with E-state index >= 15 is 0 Å². The van der Waals surface area contributed by atoms with Crippen LogP contribution in [0.3, 0.4) is 0 Å². The Kier molecular flexibility index (Phi) is 4.16. The second-order valence-electron chi connectivity index (χ2n) is 3.28. The highest BCUT2D eigenvalue weighted by atomic mass is 15.3. The molecule has 0 fully saturated rings. The first-order valence-corrected chi connectivity index (χ1v) is 5.11. The van der Waals surface area contributed by atoms with E-state index in [0.717, 1.165) is 13.0 Å². The summed E-state index contributed by atoms with van der Waals surface area (Å²) in [5.41, 5.74) is 6.11. The maximum atomic E-state index is 8.95. The molecule has 0 aliphatic heterocycles. The molecule has 0 aromatic carbocycles. The molecule has 1 aromatic rings. The maximum absolute atomic E-state index is 8.95. The van der Waals surface area contributed by atoms with Crippen molar-refractivity contribution in [3.8, 4) is 12.1 Å². The number of aryl methyl sites for hydroxylation is 1. The van der Waals surface area contributed by atoms with Crippen molar-refractivity contribution < 1.29 is 0 Å². The summed E-state index contributed by atoms with van der Waals surface area (Å²) in [5.74, 6) is 0.816. The summed E-state index contributed by atoms with van der Waals surface area (Å²) in [4.78, 5) is 0. The molecule has 0 saturated carbocycles. The van der Waals surface area contributed by atoms with Crippen LogP contribution in [0.2, 0.25) is 0 Å². The summed E-state index contributed by atoms with van der Waals surface area (Å²) >= 11 is 0. The van der Waals surface area contributed by atoms with E-state index in [4.69, 9.17) is 16.3 Å². The smallest absolute Gasteiger partial charge is 0.168 e. The van der Waals surface area contributed by atoms with Gasteiger partial charge in [0.2, 0.25) is 0 Å². The van der Waals surface area contributed by atoms with Gasteiger partial charge in [-0.25, -0.2) is 4.68 Å². The topological polar surface area (TPSA) is 103 Å². The van der Waals surface area contributed by atoms with Crippen LogP contribution < -0.4 is 11.1 Å². The van der Waals surface area contributed by atoms with Gasteiger partial charge in [-0.05, 0) is 6.42 Å². The number of hydrogen-bond donors (Lipinski definition) is 2. The molecular weight excluding hydrogens is 204 g/mol. The van der Waals surface area contributed by atoms with Gasteiger partial charge in [-0.1, -0.05) is 6.92 Å². The molecule has 6 heteroatoms. The van der Waals surface area contributed by atoms with E-state index in [9.17, 15) is 0 Å². The minimum Gasteiger partial charge on any atom is -0.383 e. The fraction of sp³-hybridized carbons (Fsp3) is 0.500. The first kappa shape index (κ1) is 11.9. The van der Waals surface area contributed by atoms with Crippen molar-refractivity contribution >= 4 is 11.6 Å². The Labute approximate surface area is 94.3 Å². The minimum absolute atomic E-state index is 0.316. The third-order valence-corrected chi connectivity index (χ3v) is 2.08. The van der Waals surface area contributed by atoms with Crippen molar-refractivity contribution in [2.45, 2.75) is 26.3 Å². The van der Waals surface area contributed by atoms with Crippen molar-refractivity contribution in [3.63, 3.8) is 0 Å². The summed E-state index contributed by atoms with van der Waals surface area (Å²) in [6.45, 7) is 3.17. The van der Waals surface area contributed by atoms with Crippen molar-refractivity contribution in [1.82, 2.24) is 9.78 Å². The normalized spacial score (nSPS) is 9.44. The van der Waals surface area contributed by atoms with E-state index in [1.807, 2.05) is 19.1 Å². The summed E-state index contributed by atoms with van der Waals surface area (Å²) < 4.78 is 1.49. The molecule has 0 saturated heterocycles. The van der Waals surface area contributed by atoms with Gasteiger partial charge in [-0.2, -0.15) is 15.6 Å². The van der Waals surface area contributed by atoms with Gasteiger partial charge in [0.1, 0.15) is 17.5 Å². The standard InChI is InChI=1S/C10H14N6/c1-2-5-14-10-8(7-12)9(13)16(15-10)6-3-4-11/h2-3,5-6,13H2,1H3,(H,14,15). The van der Waals surface area contributed by atoms with E-state index in [1.54, 1.807) is 0 Å². The molecule has 0 unspecified atom stereocenters. The highest BCUT2D eigenvalue weighted by molar-refractivity contribution is 5.63. The third kappa shape index (κ3) is 2.43. The van der Waals surface area contributed by atoms with Crippen LogP contribution in [-0.4, -0.2) is 16.3 Å². The number of anilines is 2. The molecular formula is C10H14N6. The van der Waals surface area contributed by atoms with Gasteiger partial charge < -0.3 is 11.1 Å². The van der Waals surface area contributed by atoms with E-state index in [-0.39, 0.29) is 0 Å². The van der Waals surface area contributed by atoms with Gasteiger partial charge in [0, 0.05) is 6.54 Å². The largest absolute Gasteiger partial charge is 0.383 e. The lowest BCUT2D eigenvalue weighted by Crippen LogP contribution is -2.05. The molecule has 0 bridgehead atoms. The Bertz CT molecular complexity index is 433. The summed E-state index contributed by atoms with van der Waals surface area (Å²) in [7, 11) is 0. The molecule has 0 aliphatic rings. The van der Waals surface area contributed by atoms with Crippen LogP contribution in [0.1, 0.15) is 25.3 Å². The van der Waals surface area contributed by atoms with E-state index in [2.05, 4.69) is 10.4 Å². The first-order chi connectivity index (χ1) is 7.74. The van der Waals surface area contributed by atoms with Crippen LogP contribution in [0.5, 0.6) is 0 Å². The zero-order chi connectivity index (χ0) is 12.0. The number of nitriles is 2.